The summed E-state index contributed by atoms with van der Waals surface area (Å²) in [5.74, 6) is 0. The molecule has 3 rings (SSSR count). The van der Waals surface area contributed by atoms with Crippen molar-refractivity contribution < 1.29 is 0 Å². The molecule has 3 aromatic rings. The van der Waals surface area contributed by atoms with Gasteiger partial charge in [-0.25, -0.2) is 9.66 Å². The summed E-state index contributed by atoms with van der Waals surface area (Å²) in [7, 11) is 0. The number of benzene rings is 2. The molecule has 1 N–H and O–H groups in total. The van der Waals surface area contributed by atoms with Gasteiger partial charge >= 0.3 is 0 Å². The highest BCUT2D eigenvalue weighted by atomic mass is 35.5. The van der Waals surface area contributed by atoms with Crippen LogP contribution < -0.4 is 11.0 Å². The van der Waals surface area contributed by atoms with Crippen LogP contribution >= 0.6 is 11.6 Å². The molecule has 1 heterocycles. The first-order valence-corrected chi connectivity index (χ1v) is 6.56. The van der Waals surface area contributed by atoms with E-state index >= 15 is 0 Å². The maximum Gasteiger partial charge on any atom is 0.279 e. The molecular weight excluding hydrogens is 274 g/mol. The summed E-state index contributed by atoms with van der Waals surface area (Å²) >= 11 is 5.92. The Morgan fingerprint density at radius 2 is 1.95 bits per heavy atom. The molecule has 1 aromatic heterocycles. The Kier molecular flexibility index (Phi) is 3.39. The van der Waals surface area contributed by atoms with Crippen LogP contribution in [0, 0.1) is 0 Å². The zero-order chi connectivity index (χ0) is 13.9. The molecule has 2 aromatic carbocycles. The summed E-state index contributed by atoms with van der Waals surface area (Å²) in [6.07, 6.45) is 1.49. The largest absolute Gasteiger partial charge is 0.317 e. The number of hydrogen-bond acceptors (Lipinski definition) is 3. The molecule has 0 aliphatic heterocycles. The number of hydrogen-bond donors (Lipinski definition) is 1. The van der Waals surface area contributed by atoms with E-state index in [9.17, 15) is 4.79 Å². The SMILES string of the molecule is O=c1c2cc(Cl)ccc2ncn1NCc1ccccc1. The third-order valence-electron chi connectivity index (χ3n) is 3.02. The van der Waals surface area contributed by atoms with Gasteiger partial charge in [-0.3, -0.25) is 4.79 Å². The van der Waals surface area contributed by atoms with E-state index in [0.717, 1.165) is 5.56 Å². The predicted octanol–water partition coefficient (Wildman–Crippen LogP) is 2.79. The van der Waals surface area contributed by atoms with Gasteiger partial charge in [-0.05, 0) is 23.8 Å². The van der Waals surface area contributed by atoms with Crippen molar-refractivity contribution in [1.82, 2.24) is 9.66 Å². The van der Waals surface area contributed by atoms with Crippen LogP contribution in [-0.4, -0.2) is 9.66 Å². The average Bonchev–Trinajstić information content (AvgIpc) is 2.48. The number of fused-ring (bicyclic) bond motifs is 1. The highest BCUT2D eigenvalue weighted by molar-refractivity contribution is 6.31. The maximum atomic E-state index is 12.3. The Bertz CT molecular complexity index is 799. The smallest absolute Gasteiger partial charge is 0.279 e. The van der Waals surface area contributed by atoms with Crippen LogP contribution in [0.5, 0.6) is 0 Å². The van der Waals surface area contributed by atoms with Crippen molar-refractivity contribution >= 4 is 22.5 Å². The molecule has 0 spiro atoms. The Morgan fingerprint density at radius 1 is 1.15 bits per heavy atom. The van der Waals surface area contributed by atoms with E-state index in [0.29, 0.717) is 22.5 Å². The second kappa shape index (κ2) is 5.35. The van der Waals surface area contributed by atoms with Crippen molar-refractivity contribution in [3.05, 3.63) is 75.8 Å². The van der Waals surface area contributed by atoms with Gasteiger partial charge in [0.1, 0.15) is 6.33 Å². The maximum absolute atomic E-state index is 12.3. The fraction of sp³-hybridized carbons (Fsp3) is 0.0667. The fourth-order valence-electron chi connectivity index (χ4n) is 1.98. The van der Waals surface area contributed by atoms with Crippen molar-refractivity contribution in [3.63, 3.8) is 0 Å². The highest BCUT2D eigenvalue weighted by Crippen LogP contribution is 2.13. The van der Waals surface area contributed by atoms with Crippen LogP contribution in [0.15, 0.2) is 59.7 Å². The molecule has 0 unspecified atom stereocenters. The average molecular weight is 286 g/mol. The molecule has 0 aliphatic carbocycles. The summed E-state index contributed by atoms with van der Waals surface area (Å²) in [5, 5.41) is 1.03. The number of halogens is 1. The van der Waals surface area contributed by atoms with E-state index < -0.39 is 0 Å². The number of nitrogens with one attached hydrogen (secondary N) is 1. The Hall–Kier alpha value is -2.33. The lowest BCUT2D eigenvalue weighted by atomic mass is 10.2. The van der Waals surface area contributed by atoms with Crippen molar-refractivity contribution in [1.29, 1.82) is 0 Å². The molecule has 20 heavy (non-hydrogen) atoms. The molecule has 0 bridgehead atoms. The lowest BCUT2D eigenvalue weighted by Gasteiger charge is -2.09. The molecule has 4 nitrogen and oxygen atoms in total. The summed E-state index contributed by atoms with van der Waals surface area (Å²) in [4.78, 5) is 16.5. The molecule has 0 fully saturated rings. The van der Waals surface area contributed by atoms with E-state index in [1.165, 1.54) is 11.0 Å². The molecule has 0 saturated carbocycles. The number of nitrogens with zero attached hydrogens (tertiary/aromatic N) is 2. The molecular formula is C15H12ClN3O. The van der Waals surface area contributed by atoms with E-state index in [-0.39, 0.29) is 5.56 Å². The summed E-state index contributed by atoms with van der Waals surface area (Å²) in [6, 6.07) is 14.9. The third kappa shape index (κ3) is 2.51. The van der Waals surface area contributed by atoms with Gasteiger partial charge in [-0.15, -0.1) is 0 Å². The Morgan fingerprint density at radius 3 is 2.75 bits per heavy atom. The summed E-state index contributed by atoms with van der Waals surface area (Å²) in [6.45, 7) is 0.550. The minimum Gasteiger partial charge on any atom is -0.317 e. The van der Waals surface area contributed by atoms with E-state index in [1.54, 1.807) is 18.2 Å². The molecule has 5 heteroatoms. The van der Waals surface area contributed by atoms with Gasteiger partial charge < -0.3 is 5.43 Å². The van der Waals surface area contributed by atoms with Gasteiger partial charge in [0.25, 0.3) is 5.56 Å². The van der Waals surface area contributed by atoms with Crippen molar-refractivity contribution in [2.24, 2.45) is 0 Å². The first-order valence-electron chi connectivity index (χ1n) is 6.19. The number of rotatable bonds is 3. The standard InChI is InChI=1S/C15H12ClN3O/c16-12-6-7-14-13(8-12)15(20)19(10-17-14)18-9-11-4-2-1-3-5-11/h1-8,10,18H,9H2. The first-order chi connectivity index (χ1) is 9.74. The molecule has 100 valence electrons. The van der Waals surface area contributed by atoms with Crippen molar-refractivity contribution in [2.75, 3.05) is 5.43 Å². The molecule has 0 atom stereocenters. The second-order valence-corrected chi connectivity index (χ2v) is 4.84. The second-order valence-electron chi connectivity index (χ2n) is 4.40. The monoisotopic (exact) mass is 285 g/mol. The first kappa shape index (κ1) is 12.7. The van der Waals surface area contributed by atoms with E-state index in [2.05, 4.69) is 10.4 Å². The minimum absolute atomic E-state index is 0.159. The van der Waals surface area contributed by atoms with Gasteiger partial charge in [0.15, 0.2) is 0 Å². The normalized spacial score (nSPS) is 10.7. The molecule has 0 amide bonds. The summed E-state index contributed by atoms with van der Waals surface area (Å²) in [5.41, 5.74) is 4.61. The molecule has 0 saturated heterocycles. The lowest BCUT2D eigenvalue weighted by molar-refractivity contribution is 0.791. The third-order valence-corrected chi connectivity index (χ3v) is 3.25. The van der Waals surface area contributed by atoms with Gasteiger partial charge in [0, 0.05) is 5.02 Å². The Labute approximate surface area is 120 Å². The quantitative estimate of drug-likeness (QED) is 0.805. The highest BCUT2D eigenvalue weighted by Gasteiger charge is 2.04. The zero-order valence-electron chi connectivity index (χ0n) is 10.6. The van der Waals surface area contributed by atoms with Gasteiger partial charge in [0.05, 0.1) is 17.4 Å². The van der Waals surface area contributed by atoms with Crippen LogP contribution in [0.2, 0.25) is 5.02 Å². The van der Waals surface area contributed by atoms with Gasteiger partial charge in [0.2, 0.25) is 0 Å². The van der Waals surface area contributed by atoms with Crippen LogP contribution in [0.1, 0.15) is 5.56 Å². The minimum atomic E-state index is -0.159. The Balaban J connectivity index is 1.92. The topological polar surface area (TPSA) is 46.9 Å². The molecule has 0 aliphatic rings. The summed E-state index contributed by atoms with van der Waals surface area (Å²) < 4.78 is 1.38. The van der Waals surface area contributed by atoms with Crippen LogP contribution in [0.25, 0.3) is 10.9 Å². The van der Waals surface area contributed by atoms with E-state index in [1.807, 2.05) is 30.3 Å². The zero-order valence-corrected chi connectivity index (χ0v) is 11.3. The van der Waals surface area contributed by atoms with Crippen LogP contribution in [0.3, 0.4) is 0 Å². The lowest BCUT2D eigenvalue weighted by Crippen LogP contribution is -2.28. The van der Waals surface area contributed by atoms with Crippen molar-refractivity contribution in [3.8, 4) is 0 Å². The predicted molar refractivity (Wildman–Crippen MR) is 80.5 cm³/mol. The van der Waals surface area contributed by atoms with Gasteiger partial charge in [-0.1, -0.05) is 41.9 Å². The fourth-order valence-corrected chi connectivity index (χ4v) is 2.15. The van der Waals surface area contributed by atoms with Crippen LogP contribution in [0.4, 0.5) is 0 Å². The molecule has 0 radical (unpaired) electrons. The van der Waals surface area contributed by atoms with Crippen LogP contribution in [-0.2, 0) is 6.54 Å². The number of aromatic nitrogens is 2. The van der Waals surface area contributed by atoms with Crippen molar-refractivity contribution in [2.45, 2.75) is 6.54 Å². The van der Waals surface area contributed by atoms with Gasteiger partial charge in [-0.2, -0.15) is 0 Å². The van der Waals surface area contributed by atoms with E-state index in [4.69, 9.17) is 11.6 Å².